The van der Waals surface area contributed by atoms with E-state index in [1.54, 1.807) is 0 Å². The number of hydrogen-bond acceptors (Lipinski definition) is 2. The van der Waals surface area contributed by atoms with Gasteiger partial charge >= 0.3 is 0 Å². The molecule has 0 aromatic heterocycles. The molecular weight excluding hydrogens is 591 g/mol. The Morgan fingerprint density at radius 3 is 1.80 bits per heavy atom. The van der Waals surface area contributed by atoms with E-state index in [2.05, 4.69) is 139 Å². The summed E-state index contributed by atoms with van der Waals surface area (Å²) >= 11 is 0. The second-order valence-electron chi connectivity index (χ2n) is 11.6. The van der Waals surface area contributed by atoms with E-state index in [1.165, 1.54) is 71.0 Å². The molecule has 0 heterocycles. The Hall–Kier alpha value is -3.29. The normalized spacial score (nSPS) is 11.4. The van der Waals surface area contributed by atoms with Crippen LogP contribution in [0.4, 0.5) is 11.4 Å². The average Bonchev–Trinajstić information content (AvgIpc) is 3.07. The molecular formula is C42H53N2Ni-. The van der Waals surface area contributed by atoms with E-state index in [-0.39, 0.29) is 16.5 Å². The van der Waals surface area contributed by atoms with Crippen molar-refractivity contribution in [3.63, 3.8) is 0 Å². The molecule has 0 atom stereocenters. The number of rotatable bonds is 13. The summed E-state index contributed by atoms with van der Waals surface area (Å²) in [5.41, 5.74) is 13.1. The zero-order chi connectivity index (χ0) is 31.7. The molecule has 2 nitrogen and oxygen atoms in total. The molecule has 0 saturated carbocycles. The molecule has 0 fully saturated rings. The average molecular weight is 645 g/mol. The molecule has 0 unspecified atom stereocenters. The van der Waals surface area contributed by atoms with Gasteiger partial charge in [-0.2, -0.15) is 6.42 Å². The fourth-order valence-corrected chi connectivity index (χ4v) is 5.26. The summed E-state index contributed by atoms with van der Waals surface area (Å²) in [5.74, 6) is 0. The molecule has 0 amide bonds. The van der Waals surface area contributed by atoms with Crippen molar-refractivity contribution in [2.24, 2.45) is 9.98 Å². The molecule has 0 aliphatic rings. The van der Waals surface area contributed by atoms with Crippen LogP contribution in [0.3, 0.4) is 0 Å². The first-order valence-corrected chi connectivity index (χ1v) is 16.7. The smallest absolute Gasteiger partial charge is 0.0642 e. The molecule has 0 aliphatic heterocycles. The SMILES string of the molecule is CCCCc1cc(N=C(CC)C(C)=Nc2cc(CCCC)c(C)c(-c3ccccc3)c2)cc(-c2ccccc2)c1.[CH2-]CCC.[Ni]. The number of hydrogen-bond donors (Lipinski definition) is 0. The fraction of sp³-hybridized carbons (Fsp3) is 0.357. The molecule has 0 spiro atoms. The van der Waals surface area contributed by atoms with Crippen LogP contribution in [0.5, 0.6) is 0 Å². The number of aryl methyl sites for hydroxylation is 2. The second-order valence-corrected chi connectivity index (χ2v) is 11.6. The minimum Gasteiger partial charge on any atom is -0.343 e. The number of unbranched alkanes of at least 4 members (excludes halogenated alkanes) is 3. The van der Waals surface area contributed by atoms with E-state index in [9.17, 15) is 0 Å². The molecule has 4 aromatic rings. The van der Waals surface area contributed by atoms with Gasteiger partial charge in [-0.05, 0) is 109 Å². The standard InChI is InChI=1S/C38H44N2.C4H9.Ni/c1-6-9-17-30-23-34(31-19-13-11-14-20-31)26-35(24-30)40-38(8-3)29(5)39-36-25-33(18-10-7-2)28(4)37(27-36)32-21-15-12-16-22-32;1-3-4-2;/h11-16,19-27H,6-10,17-18H2,1-5H3;1,3-4H2,2H3;/q;-1;. The van der Waals surface area contributed by atoms with Gasteiger partial charge in [0.25, 0.3) is 0 Å². The van der Waals surface area contributed by atoms with Crippen molar-refractivity contribution in [3.05, 3.63) is 115 Å². The maximum atomic E-state index is 5.18. The van der Waals surface area contributed by atoms with Crippen LogP contribution in [0.2, 0.25) is 0 Å². The van der Waals surface area contributed by atoms with Crippen molar-refractivity contribution in [1.82, 2.24) is 0 Å². The van der Waals surface area contributed by atoms with E-state index in [0.717, 1.165) is 48.5 Å². The summed E-state index contributed by atoms with van der Waals surface area (Å²) in [5, 5.41) is 0. The first-order valence-electron chi connectivity index (χ1n) is 16.7. The van der Waals surface area contributed by atoms with Gasteiger partial charge < -0.3 is 6.92 Å². The molecule has 4 aromatic carbocycles. The summed E-state index contributed by atoms with van der Waals surface area (Å²) < 4.78 is 0. The van der Waals surface area contributed by atoms with Gasteiger partial charge in [0.05, 0.1) is 22.8 Å². The van der Waals surface area contributed by atoms with E-state index in [4.69, 9.17) is 9.98 Å². The predicted molar refractivity (Wildman–Crippen MR) is 196 cm³/mol. The molecule has 242 valence electrons. The summed E-state index contributed by atoms with van der Waals surface area (Å²) in [6.07, 6.45) is 9.98. The van der Waals surface area contributed by atoms with E-state index < -0.39 is 0 Å². The third-order valence-corrected chi connectivity index (χ3v) is 7.96. The van der Waals surface area contributed by atoms with E-state index in [0.29, 0.717) is 0 Å². The Morgan fingerprint density at radius 2 is 1.22 bits per heavy atom. The maximum absolute atomic E-state index is 5.18. The van der Waals surface area contributed by atoms with Crippen molar-refractivity contribution < 1.29 is 16.5 Å². The van der Waals surface area contributed by atoms with Gasteiger partial charge in [-0.1, -0.05) is 114 Å². The minimum absolute atomic E-state index is 0. The Kier molecular flexibility index (Phi) is 17.4. The van der Waals surface area contributed by atoms with Gasteiger partial charge in [-0.25, -0.2) is 0 Å². The first kappa shape index (κ1) is 37.9. The van der Waals surface area contributed by atoms with Crippen molar-refractivity contribution in [3.8, 4) is 22.3 Å². The maximum Gasteiger partial charge on any atom is 0.0642 e. The Bertz CT molecular complexity index is 1480. The Labute approximate surface area is 284 Å². The van der Waals surface area contributed by atoms with Gasteiger partial charge in [0.2, 0.25) is 0 Å². The largest absolute Gasteiger partial charge is 0.343 e. The molecule has 4 rings (SSSR count). The summed E-state index contributed by atoms with van der Waals surface area (Å²) in [4.78, 5) is 10.3. The third-order valence-electron chi connectivity index (χ3n) is 7.96. The van der Waals surface area contributed by atoms with Crippen molar-refractivity contribution in [2.75, 3.05) is 0 Å². The van der Waals surface area contributed by atoms with Crippen LogP contribution >= 0.6 is 0 Å². The molecule has 0 N–H and O–H groups in total. The minimum atomic E-state index is 0. The predicted octanol–water partition coefficient (Wildman–Crippen LogP) is 12.9. The molecule has 0 aliphatic carbocycles. The molecule has 0 saturated heterocycles. The van der Waals surface area contributed by atoms with Gasteiger partial charge in [0.1, 0.15) is 0 Å². The Balaban J connectivity index is 0.00000133. The van der Waals surface area contributed by atoms with Gasteiger partial charge in [0, 0.05) is 16.5 Å². The molecule has 45 heavy (non-hydrogen) atoms. The van der Waals surface area contributed by atoms with Crippen molar-refractivity contribution in [2.45, 2.75) is 99.3 Å². The monoisotopic (exact) mass is 643 g/mol. The first-order chi connectivity index (χ1) is 21.4. The van der Waals surface area contributed by atoms with Crippen LogP contribution in [0.1, 0.15) is 96.3 Å². The number of benzene rings is 4. The number of aliphatic imine (C=N–C) groups is 2. The van der Waals surface area contributed by atoms with Gasteiger partial charge in [0.15, 0.2) is 0 Å². The summed E-state index contributed by atoms with van der Waals surface area (Å²) in [6, 6.07) is 32.7. The van der Waals surface area contributed by atoms with Crippen LogP contribution in [0.15, 0.2) is 101 Å². The molecule has 0 radical (unpaired) electrons. The summed E-state index contributed by atoms with van der Waals surface area (Å²) in [6.45, 7) is 16.8. The zero-order valence-electron chi connectivity index (χ0n) is 28.4. The topological polar surface area (TPSA) is 24.7 Å². The van der Waals surface area contributed by atoms with Crippen molar-refractivity contribution in [1.29, 1.82) is 0 Å². The quantitative estimate of drug-likeness (QED) is 0.0786. The molecule has 0 bridgehead atoms. The van der Waals surface area contributed by atoms with E-state index >= 15 is 0 Å². The Morgan fingerprint density at radius 1 is 0.644 bits per heavy atom. The van der Waals surface area contributed by atoms with Crippen LogP contribution in [0.25, 0.3) is 22.3 Å². The van der Waals surface area contributed by atoms with Gasteiger partial charge in [-0.15, -0.1) is 0 Å². The van der Waals surface area contributed by atoms with Crippen LogP contribution in [-0.2, 0) is 29.3 Å². The molecule has 3 heteroatoms. The van der Waals surface area contributed by atoms with Gasteiger partial charge in [-0.3, -0.25) is 9.98 Å². The number of nitrogens with zero attached hydrogens (tertiary/aromatic N) is 2. The third kappa shape index (κ3) is 11.9. The fourth-order valence-electron chi connectivity index (χ4n) is 5.26. The van der Waals surface area contributed by atoms with Crippen LogP contribution < -0.4 is 0 Å². The summed E-state index contributed by atoms with van der Waals surface area (Å²) in [7, 11) is 0. The van der Waals surface area contributed by atoms with Crippen LogP contribution in [-0.4, -0.2) is 11.4 Å². The van der Waals surface area contributed by atoms with E-state index in [1.807, 2.05) is 0 Å². The second kappa shape index (κ2) is 20.7. The van der Waals surface area contributed by atoms with Crippen molar-refractivity contribution >= 4 is 22.8 Å². The van der Waals surface area contributed by atoms with Crippen LogP contribution in [0, 0.1) is 13.8 Å². The zero-order valence-corrected chi connectivity index (χ0v) is 29.4.